The molecule has 2 aromatic rings. The maximum atomic E-state index is 11.4. The summed E-state index contributed by atoms with van der Waals surface area (Å²) in [5.41, 5.74) is 5.43. The Morgan fingerprint density at radius 2 is 2.32 bits per heavy atom. The van der Waals surface area contributed by atoms with Crippen LogP contribution in [0, 0.1) is 5.92 Å². The van der Waals surface area contributed by atoms with Crippen molar-refractivity contribution in [3.63, 3.8) is 0 Å². The number of thiazole rings is 1. The zero-order chi connectivity index (χ0) is 13.6. The summed E-state index contributed by atoms with van der Waals surface area (Å²) in [7, 11) is 0. The van der Waals surface area contributed by atoms with Crippen molar-refractivity contribution < 1.29 is 14.7 Å². The quantitative estimate of drug-likeness (QED) is 0.847. The minimum Gasteiger partial charge on any atom is -0.476 e. The number of fused-ring (bicyclic) bond motifs is 1. The average molecular weight is 280 g/mol. The Kier molecular flexibility index (Phi) is 2.67. The molecule has 0 bridgehead atoms. The van der Waals surface area contributed by atoms with E-state index < -0.39 is 5.97 Å². The van der Waals surface area contributed by atoms with Crippen LogP contribution in [0.15, 0.2) is 11.6 Å². The second-order valence-corrected chi connectivity index (χ2v) is 5.35. The van der Waals surface area contributed by atoms with Gasteiger partial charge in [-0.15, -0.1) is 11.3 Å². The number of carbonyl (C=O) groups is 2. The van der Waals surface area contributed by atoms with Crippen LogP contribution < -0.4 is 10.6 Å². The van der Waals surface area contributed by atoms with E-state index >= 15 is 0 Å². The number of aromatic carboxylic acids is 1. The second kappa shape index (κ2) is 4.23. The summed E-state index contributed by atoms with van der Waals surface area (Å²) in [6.07, 6.45) is 2.32. The van der Waals surface area contributed by atoms with Gasteiger partial charge in [-0.2, -0.15) is 0 Å². The first-order chi connectivity index (χ1) is 9.08. The molecule has 1 aliphatic rings. The van der Waals surface area contributed by atoms with E-state index in [1.54, 1.807) is 16.0 Å². The third kappa shape index (κ3) is 1.84. The van der Waals surface area contributed by atoms with Crippen LogP contribution in [-0.4, -0.2) is 39.5 Å². The standard InChI is InChI=1S/C11H12N4O3S/c12-8(16)6-1-2-14(5-6)9-7(10(17)18)15-3-4-19-11(15)13-9/h3-4,6H,1-2,5H2,(H2,12,16)(H,17,18). The van der Waals surface area contributed by atoms with Crippen LogP contribution in [0.1, 0.15) is 16.9 Å². The molecule has 7 nitrogen and oxygen atoms in total. The van der Waals surface area contributed by atoms with Crippen LogP contribution in [0.25, 0.3) is 4.96 Å². The van der Waals surface area contributed by atoms with E-state index in [9.17, 15) is 14.7 Å². The van der Waals surface area contributed by atoms with E-state index in [0.717, 1.165) is 0 Å². The molecule has 1 aliphatic heterocycles. The molecule has 1 atom stereocenters. The molecule has 19 heavy (non-hydrogen) atoms. The van der Waals surface area contributed by atoms with E-state index in [1.165, 1.54) is 11.3 Å². The fourth-order valence-electron chi connectivity index (χ4n) is 2.38. The molecule has 8 heteroatoms. The van der Waals surface area contributed by atoms with Gasteiger partial charge in [-0.1, -0.05) is 0 Å². The molecule has 3 heterocycles. The lowest BCUT2D eigenvalue weighted by Crippen LogP contribution is -2.28. The van der Waals surface area contributed by atoms with Crippen molar-refractivity contribution >= 4 is 34.0 Å². The Labute approximate surface area is 112 Å². The Hall–Kier alpha value is -2.09. The Bertz CT molecular complexity index is 662. The van der Waals surface area contributed by atoms with Crippen LogP contribution in [0.4, 0.5) is 5.82 Å². The molecular formula is C11H12N4O3S. The smallest absolute Gasteiger partial charge is 0.356 e. The molecule has 3 N–H and O–H groups in total. The van der Waals surface area contributed by atoms with Crippen molar-refractivity contribution in [1.82, 2.24) is 9.38 Å². The lowest BCUT2D eigenvalue weighted by Gasteiger charge is -2.15. The summed E-state index contributed by atoms with van der Waals surface area (Å²) >= 11 is 1.38. The van der Waals surface area contributed by atoms with Crippen LogP contribution in [0.2, 0.25) is 0 Å². The number of nitrogens with two attached hydrogens (primary N) is 1. The van der Waals surface area contributed by atoms with E-state index in [-0.39, 0.29) is 17.5 Å². The average Bonchev–Trinajstić information content (AvgIpc) is 3.02. The molecule has 0 aliphatic carbocycles. The molecule has 3 rings (SSSR count). The van der Waals surface area contributed by atoms with Gasteiger partial charge in [-0.05, 0) is 6.42 Å². The molecular weight excluding hydrogens is 268 g/mol. The largest absolute Gasteiger partial charge is 0.476 e. The molecule has 1 amide bonds. The predicted octanol–water partition coefficient (Wildman–Crippen LogP) is 0.406. The molecule has 0 radical (unpaired) electrons. The van der Waals surface area contributed by atoms with Gasteiger partial charge in [0.2, 0.25) is 5.91 Å². The number of aromatic nitrogens is 2. The summed E-state index contributed by atoms with van der Waals surface area (Å²) in [5.74, 6) is -1.19. The van der Waals surface area contributed by atoms with Crippen molar-refractivity contribution in [2.75, 3.05) is 18.0 Å². The fourth-order valence-corrected chi connectivity index (χ4v) is 3.09. The highest BCUT2D eigenvalue weighted by molar-refractivity contribution is 7.15. The van der Waals surface area contributed by atoms with Crippen molar-refractivity contribution in [3.05, 3.63) is 17.3 Å². The van der Waals surface area contributed by atoms with Crippen LogP contribution in [-0.2, 0) is 4.79 Å². The molecule has 0 aromatic carbocycles. The molecule has 0 saturated carbocycles. The number of nitrogens with zero attached hydrogens (tertiary/aromatic N) is 3. The molecule has 1 saturated heterocycles. The summed E-state index contributed by atoms with van der Waals surface area (Å²) in [4.78, 5) is 29.4. The Morgan fingerprint density at radius 3 is 2.95 bits per heavy atom. The highest BCUT2D eigenvalue weighted by atomic mass is 32.1. The molecule has 100 valence electrons. The molecule has 2 aromatic heterocycles. The van der Waals surface area contributed by atoms with Crippen molar-refractivity contribution in [1.29, 1.82) is 0 Å². The first-order valence-electron chi connectivity index (χ1n) is 5.81. The third-order valence-electron chi connectivity index (χ3n) is 3.34. The lowest BCUT2D eigenvalue weighted by atomic mass is 10.1. The fraction of sp³-hybridized carbons (Fsp3) is 0.364. The topological polar surface area (TPSA) is 101 Å². The van der Waals surface area contributed by atoms with E-state index in [4.69, 9.17) is 5.73 Å². The Balaban J connectivity index is 2.01. The Morgan fingerprint density at radius 1 is 1.53 bits per heavy atom. The zero-order valence-corrected chi connectivity index (χ0v) is 10.8. The van der Waals surface area contributed by atoms with Crippen LogP contribution in [0.5, 0.6) is 0 Å². The molecule has 1 fully saturated rings. The summed E-state index contributed by atoms with van der Waals surface area (Å²) in [6, 6.07) is 0. The van der Waals surface area contributed by atoms with E-state index in [1.807, 2.05) is 4.90 Å². The minimum absolute atomic E-state index is 0.140. The minimum atomic E-state index is -1.02. The normalized spacial score (nSPS) is 19.2. The van der Waals surface area contributed by atoms with Gasteiger partial charge < -0.3 is 15.7 Å². The number of anilines is 1. The first kappa shape index (κ1) is 12.0. The van der Waals surface area contributed by atoms with Crippen LogP contribution >= 0.6 is 11.3 Å². The third-order valence-corrected chi connectivity index (χ3v) is 4.09. The molecule has 0 spiro atoms. The predicted molar refractivity (Wildman–Crippen MR) is 69.5 cm³/mol. The van der Waals surface area contributed by atoms with Gasteiger partial charge in [-0.3, -0.25) is 9.20 Å². The summed E-state index contributed by atoms with van der Waals surface area (Å²) in [6.45, 7) is 1.03. The maximum absolute atomic E-state index is 11.4. The number of rotatable bonds is 3. The van der Waals surface area contributed by atoms with Gasteiger partial charge in [0, 0.05) is 24.7 Å². The number of carboxylic acids is 1. The summed E-state index contributed by atoms with van der Waals surface area (Å²) in [5, 5.41) is 11.1. The van der Waals surface area contributed by atoms with Crippen molar-refractivity contribution in [3.8, 4) is 0 Å². The monoisotopic (exact) mass is 280 g/mol. The van der Waals surface area contributed by atoms with E-state index in [0.29, 0.717) is 30.3 Å². The number of amides is 1. The summed E-state index contributed by atoms with van der Waals surface area (Å²) < 4.78 is 1.56. The highest BCUT2D eigenvalue weighted by Gasteiger charge is 2.32. The number of carboxylic acid groups (broad SMARTS) is 1. The number of primary amides is 1. The van der Waals surface area contributed by atoms with Gasteiger partial charge >= 0.3 is 5.97 Å². The van der Waals surface area contributed by atoms with Gasteiger partial charge in [0.1, 0.15) is 0 Å². The second-order valence-electron chi connectivity index (χ2n) is 4.48. The van der Waals surface area contributed by atoms with Crippen molar-refractivity contribution in [2.45, 2.75) is 6.42 Å². The zero-order valence-electron chi connectivity index (χ0n) is 9.94. The highest BCUT2D eigenvalue weighted by Crippen LogP contribution is 2.29. The van der Waals surface area contributed by atoms with E-state index in [2.05, 4.69) is 4.98 Å². The number of carbonyl (C=O) groups excluding carboxylic acids is 1. The number of hydrogen-bond donors (Lipinski definition) is 2. The maximum Gasteiger partial charge on any atom is 0.356 e. The van der Waals surface area contributed by atoms with Gasteiger partial charge in [0.25, 0.3) is 0 Å². The first-order valence-corrected chi connectivity index (χ1v) is 6.69. The van der Waals surface area contributed by atoms with Gasteiger partial charge in [0.15, 0.2) is 16.5 Å². The lowest BCUT2D eigenvalue weighted by molar-refractivity contribution is -0.121. The number of imidazole rings is 1. The van der Waals surface area contributed by atoms with Crippen molar-refractivity contribution in [2.24, 2.45) is 11.7 Å². The van der Waals surface area contributed by atoms with Crippen LogP contribution in [0.3, 0.4) is 0 Å². The molecule has 1 unspecified atom stereocenters. The van der Waals surface area contributed by atoms with Gasteiger partial charge in [-0.25, -0.2) is 9.78 Å². The number of hydrogen-bond acceptors (Lipinski definition) is 5. The SMILES string of the molecule is NC(=O)C1CCN(c2nc3sccn3c2C(=O)O)C1. The van der Waals surface area contributed by atoms with Gasteiger partial charge in [0.05, 0.1) is 5.92 Å².